The van der Waals surface area contributed by atoms with Crippen LogP contribution in [0.25, 0.3) is 20.9 Å². The van der Waals surface area contributed by atoms with Crippen LogP contribution in [0.15, 0.2) is 65.7 Å². The van der Waals surface area contributed by atoms with Crippen molar-refractivity contribution in [3.63, 3.8) is 0 Å². The van der Waals surface area contributed by atoms with Gasteiger partial charge in [0.05, 0.1) is 4.90 Å². The lowest BCUT2D eigenvalue weighted by molar-refractivity contribution is 0.102. The second-order valence-corrected chi connectivity index (χ2v) is 11.2. The van der Waals surface area contributed by atoms with E-state index in [9.17, 15) is 13.2 Å². The van der Waals surface area contributed by atoms with Gasteiger partial charge in [-0.2, -0.15) is 4.31 Å². The molecule has 0 atom stereocenters. The Hall–Kier alpha value is -3.14. The third-order valence-electron chi connectivity index (χ3n) is 5.96. The number of fused-ring (bicyclic) bond motifs is 1. The predicted molar refractivity (Wildman–Crippen MR) is 135 cm³/mol. The van der Waals surface area contributed by atoms with Crippen LogP contribution in [0.3, 0.4) is 0 Å². The molecule has 174 valence electrons. The molecular formula is C25H24N4O3S2. The summed E-state index contributed by atoms with van der Waals surface area (Å²) in [4.78, 5) is 22.9. The van der Waals surface area contributed by atoms with Gasteiger partial charge >= 0.3 is 0 Å². The van der Waals surface area contributed by atoms with Gasteiger partial charge in [0.15, 0.2) is 0 Å². The van der Waals surface area contributed by atoms with E-state index in [1.165, 1.54) is 27.8 Å². The van der Waals surface area contributed by atoms with Crippen molar-refractivity contribution in [3.05, 3.63) is 71.9 Å². The van der Waals surface area contributed by atoms with Crippen LogP contribution in [0.1, 0.15) is 35.2 Å². The minimum absolute atomic E-state index is 0.219. The Kier molecular flexibility index (Phi) is 6.16. The van der Waals surface area contributed by atoms with Gasteiger partial charge in [-0.05, 0) is 79.9 Å². The summed E-state index contributed by atoms with van der Waals surface area (Å²) in [7, 11) is -3.52. The van der Waals surface area contributed by atoms with Crippen molar-refractivity contribution >= 4 is 43.3 Å². The number of rotatable bonds is 5. The Balaban J connectivity index is 1.31. The number of hydrogen-bond acceptors (Lipinski definition) is 6. The molecule has 1 aliphatic rings. The minimum atomic E-state index is -3.52. The molecule has 0 spiro atoms. The number of hydrogen-bond donors (Lipinski definition) is 1. The van der Waals surface area contributed by atoms with Gasteiger partial charge in [-0.3, -0.25) is 4.79 Å². The molecule has 0 radical (unpaired) electrons. The van der Waals surface area contributed by atoms with Gasteiger partial charge in [0, 0.05) is 36.1 Å². The molecule has 1 aliphatic heterocycles. The quantitative estimate of drug-likeness (QED) is 0.419. The van der Waals surface area contributed by atoms with Gasteiger partial charge in [-0.1, -0.05) is 17.8 Å². The Morgan fingerprint density at radius 1 is 1.03 bits per heavy atom. The number of amides is 1. The van der Waals surface area contributed by atoms with Crippen molar-refractivity contribution in [2.24, 2.45) is 0 Å². The summed E-state index contributed by atoms with van der Waals surface area (Å²) < 4.78 is 27.2. The highest BCUT2D eigenvalue weighted by atomic mass is 32.2. The lowest BCUT2D eigenvalue weighted by atomic mass is 10.1. The maximum atomic E-state index is 12.8. The van der Waals surface area contributed by atoms with Crippen LogP contribution in [-0.2, 0) is 10.0 Å². The monoisotopic (exact) mass is 492 g/mol. The van der Waals surface area contributed by atoms with Crippen LogP contribution >= 0.6 is 11.3 Å². The number of nitrogens with zero attached hydrogens (tertiary/aromatic N) is 3. The highest BCUT2D eigenvalue weighted by molar-refractivity contribution is 7.89. The molecule has 0 saturated carbocycles. The van der Waals surface area contributed by atoms with E-state index in [0.717, 1.165) is 45.7 Å². The molecule has 3 heterocycles. The molecule has 9 heteroatoms. The maximum Gasteiger partial charge on any atom is 0.255 e. The number of thiazole rings is 1. The molecule has 7 nitrogen and oxygen atoms in total. The summed E-state index contributed by atoms with van der Waals surface area (Å²) in [5.41, 5.74) is 3.83. The summed E-state index contributed by atoms with van der Waals surface area (Å²) in [6, 6.07) is 15.7. The van der Waals surface area contributed by atoms with E-state index in [0.29, 0.717) is 24.3 Å². The van der Waals surface area contributed by atoms with Gasteiger partial charge in [0.2, 0.25) is 10.0 Å². The fourth-order valence-corrected chi connectivity index (χ4v) is 6.48. The van der Waals surface area contributed by atoms with E-state index in [2.05, 4.69) is 15.3 Å². The molecule has 4 aromatic rings. The van der Waals surface area contributed by atoms with Crippen LogP contribution in [0.4, 0.5) is 5.69 Å². The number of aromatic nitrogens is 2. The zero-order chi connectivity index (χ0) is 23.7. The molecule has 1 amide bonds. The second kappa shape index (κ2) is 9.25. The fraction of sp³-hybridized carbons (Fsp3) is 0.240. The third kappa shape index (κ3) is 4.46. The van der Waals surface area contributed by atoms with E-state index in [1.54, 1.807) is 18.3 Å². The van der Waals surface area contributed by atoms with Crippen molar-refractivity contribution < 1.29 is 13.2 Å². The Morgan fingerprint density at radius 3 is 2.50 bits per heavy atom. The third-order valence-corrected chi connectivity index (χ3v) is 8.90. The highest BCUT2D eigenvalue weighted by Crippen LogP contribution is 2.31. The smallest absolute Gasteiger partial charge is 0.255 e. The molecule has 1 N–H and O–H groups in total. The first-order chi connectivity index (χ1) is 16.4. The summed E-state index contributed by atoms with van der Waals surface area (Å²) >= 11 is 1.53. The van der Waals surface area contributed by atoms with Gasteiger partial charge in [-0.15, -0.1) is 0 Å². The van der Waals surface area contributed by atoms with Gasteiger partial charge in [-0.25, -0.2) is 18.4 Å². The predicted octanol–water partition coefficient (Wildman–Crippen LogP) is 5.09. The van der Waals surface area contributed by atoms with Gasteiger partial charge < -0.3 is 5.32 Å². The first-order valence-corrected chi connectivity index (χ1v) is 13.4. The number of carbonyl (C=O) groups excluding carboxylic acids is 1. The summed E-state index contributed by atoms with van der Waals surface area (Å²) in [5, 5.41) is 3.80. The molecule has 2 aromatic heterocycles. The largest absolute Gasteiger partial charge is 0.322 e. The van der Waals surface area contributed by atoms with Crippen molar-refractivity contribution in [2.75, 3.05) is 18.4 Å². The molecule has 34 heavy (non-hydrogen) atoms. The number of sulfonamides is 1. The van der Waals surface area contributed by atoms with Crippen molar-refractivity contribution in [3.8, 4) is 10.6 Å². The summed E-state index contributed by atoms with van der Waals surface area (Å²) in [6.45, 7) is 3.03. The molecule has 0 aliphatic carbocycles. The Labute approximate surface area is 202 Å². The zero-order valence-corrected chi connectivity index (χ0v) is 20.3. The number of carbonyl (C=O) groups is 1. The van der Waals surface area contributed by atoms with E-state index in [-0.39, 0.29) is 10.8 Å². The normalized spacial score (nSPS) is 14.9. The number of pyridine rings is 1. The molecule has 2 aromatic carbocycles. The molecule has 0 bridgehead atoms. The van der Waals surface area contributed by atoms with Crippen molar-refractivity contribution in [1.82, 2.24) is 14.3 Å². The number of piperidine rings is 1. The number of anilines is 1. The molecular weight excluding hydrogens is 468 g/mol. The number of nitrogens with one attached hydrogen (secondary N) is 1. The number of aryl methyl sites for hydroxylation is 1. The van der Waals surface area contributed by atoms with Crippen LogP contribution in [0.5, 0.6) is 0 Å². The lowest BCUT2D eigenvalue weighted by Crippen LogP contribution is -2.35. The topological polar surface area (TPSA) is 92.3 Å². The summed E-state index contributed by atoms with van der Waals surface area (Å²) in [6.07, 6.45) is 4.58. The molecule has 5 rings (SSSR count). The van der Waals surface area contributed by atoms with Crippen LogP contribution in [0, 0.1) is 6.92 Å². The minimum Gasteiger partial charge on any atom is -0.322 e. The Morgan fingerprint density at radius 2 is 1.79 bits per heavy atom. The SMILES string of the molecule is Cc1cc(-c2nc3cccnc3s2)ccc1NC(=O)c1ccc(S(=O)(=O)N2CCCCC2)cc1. The lowest BCUT2D eigenvalue weighted by Gasteiger charge is -2.25. The van der Waals surface area contributed by atoms with Gasteiger partial charge in [0.25, 0.3) is 5.91 Å². The molecule has 1 fully saturated rings. The summed E-state index contributed by atoms with van der Waals surface area (Å²) in [5.74, 6) is -0.290. The van der Waals surface area contributed by atoms with E-state index >= 15 is 0 Å². The van der Waals surface area contributed by atoms with E-state index < -0.39 is 10.0 Å². The standard InChI is InChI=1S/C25H24N4O3S2/c1-17-16-19(24-28-22-6-5-13-26-25(22)33-24)9-12-21(17)27-23(30)18-7-10-20(11-8-18)34(31,32)29-14-3-2-4-15-29/h5-13,16H,2-4,14-15H2,1H3,(H,27,30). The van der Waals surface area contributed by atoms with Gasteiger partial charge in [0.1, 0.15) is 15.4 Å². The van der Waals surface area contributed by atoms with Crippen LogP contribution in [0.2, 0.25) is 0 Å². The van der Waals surface area contributed by atoms with Crippen LogP contribution in [-0.4, -0.2) is 41.7 Å². The molecule has 0 unspecified atom stereocenters. The highest BCUT2D eigenvalue weighted by Gasteiger charge is 2.26. The second-order valence-electron chi connectivity index (χ2n) is 8.32. The molecule has 1 saturated heterocycles. The van der Waals surface area contributed by atoms with Crippen molar-refractivity contribution in [2.45, 2.75) is 31.1 Å². The van der Waals surface area contributed by atoms with Crippen LogP contribution < -0.4 is 5.32 Å². The average Bonchev–Trinajstić information content (AvgIpc) is 3.30. The maximum absolute atomic E-state index is 12.8. The fourth-order valence-electron chi connectivity index (χ4n) is 4.06. The first kappa shape index (κ1) is 22.6. The average molecular weight is 493 g/mol. The zero-order valence-electron chi connectivity index (χ0n) is 18.7. The van der Waals surface area contributed by atoms with Crippen molar-refractivity contribution in [1.29, 1.82) is 0 Å². The van der Waals surface area contributed by atoms with E-state index in [4.69, 9.17) is 0 Å². The number of benzene rings is 2. The first-order valence-electron chi connectivity index (χ1n) is 11.2. The van der Waals surface area contributed by atoms with E-state index in [1.807, 2.05) is 37.3 Å². The Bertz CT molecular complexity index is 1420.